The van der Waals surface area contributed by atoms with Crippen LogP contribution in [0.25, 0.3) is 11.2 Å². The van der Waals surface area contributed by atoms with Crippen molar-refractivity contribution in [2.75, 3.05) is 0 Å². The molecule has 0 aromatic carbocycles. The molecule has 0 atom stereocenters. The van der Waals surface area contributed by atoms with E-state index in [1.54, 1.807) is 12.1 Å². The van der Waals surface area contributed by atoms with Crippen LogP contribution >= 0.6 is 0 Å². The fourth-order valence-electron chi connectivity index (χ4n) is 1.44. The molecule has 3 rings (SSSR count). The van der Waals surface area contributed by atoms with Gasteiger partial charge in [-0.15, -0.1) is 0 Å². The lowest BCUT2D eigenvalue weighted by molar-refractivity contribution is 0.0443. The minimum absolute atomic E-state index is 0.275. The molecule has 1 aliphatic heterocycles. The van der Waals surface area contributed by atoms with Gasteiger partial charge in [-0.25, -0.2) is 9.59 Å². The molecule has 2 aromatic rings. The maximum atomic E-state index is 11.0. The number of esters is 2. The second-order valence-electron chi connectivity index (χ2n) is 2.59. The summed E-state index contributed by atoms with van der Waals surface area (Å²) in [5.41, 5.74) is 1.40. The number of carbonyl (C=O) groups excluding carboxylic acids is 2. The van der Waals surface area contributed by atoms with Crippen molar-refractivity contribution in [1.82, 2.24) is 0 Å². The Kier molecular flexibility index (Phi) is 0.721. The summed E-state index contributed by atoms with van der Waals surface area (Å²) in [5.74, 6) is -1.21. The molecule has 1 aliphatic rings. The summed E-state index contributed by atoms with van der Waals surface area (Å²) in [7, 11) is 0. The molecule has 58 valence electrons. The monoisotopic (exact) mass is 162 g/mol. The predicted molar refractivity (Wildman–Crippen MR) is 37.1 cm³/mol. The molecule has 0 saturated heterocycles. The van der Waals surface area contributed by atoms with Crippen LogP contribution in [-0.2, 0) is 4.74 Å². The topological polar surface area (TPSA) is 56.5 Å². The van der Waals surface area contributed by atoms with Crippen molar-refractivity contribution in [2.24, 2.45) is 0 Å². The molecule has 2 aromatic heterocycles. The van der Waals surface area contributed by atoms with Gasteiger partial charge in [0.05, 0.1) is 0 Å². The van der Waals surface area contributed by atoms with Crippen LogP contribution in [-0.4, -0.2) is 11.9 Å². The number of furan rings is 2. The van der Waals surface area contributed by atoms with Crippen LogP contribution in [0.2, 0.25) is 0 Å². The average Bonchev–Trinajstić information content (AvgIpc) is 2.64. The van der Waals surface area contributed by atoms with E-state index in [0.29, 0.717) is 11.2 Å². The van der Waals surface area contributed by atoms with E-state index in [-0.39, 0.29) is 11.1 Å². The summed E-state index contributed by atoms with van der Waals surface area (Å²) in [6.07, 6.45) is 0. The third kappa shape index (κ3) is 0.431. The number of hydrogen-bond donors (Lipinski definition) is 0. The van der Waals surface area contributed by atoms with Gasteiger partial charge < -0.3 is 9.15 Å². The number of rotatable bonds is 0. The third-order valence-corrected chi connectivity index (χ3v) is 1.94. The molecule has 0 N–H and O–H groups in total. The lowest BCUT2D eigenvalue weighted by atomic mass is 10.1. The van der Waals surface area contributed by atoms with Crippen molar-refractivity contribution in [2.45, 2.75) is 0 Å². The van der Waals surface area contributed by atoms with Gasteiger partial charge in [0.25, 0.3) is 0 Å². The summed E-state index contributed by atoms with van der Waals surface area (Å²) in [6, 6.07) is 3.29. The van der Waals surface area contributed by atoms with Gasteiger partial charge in [0.15, 0.2) is 0 Å². The van der Waals surface area contributed by atoms with E-state index in [1.165, 1.54) is 0 Å². The van der Waals surface area contributed by atoms with Crippen molar-refractivity contribution in [1.29, 1.82) is 0 Å². The predicted octanol–water partition coefficient (Wildman–Crippen LogP) is 1.18. The first kappa shape index (κ1) is 5.77. The maximum absolute atomic E-state index is 11.0. The highest BCUT2D eigenvalue weighted by atomic mass is 16.6. The standard InChI is InChI=1S/C8H2O4/c9-7-5-3-1-2-4(11-3)6(5)8(10)12-7/h1-2H. The smallest absolute Gasteiger partial charge is 0.350 e. The zero-order valence-electron chi connectivity index (χ0n) is 5.79. The minimum atomic E-state index is -0.607. The van der Waals surface area contributed by atoms with Gasteiger partial charge in [0.1, 0.15) is 22.3 Å². The largest absolute Gasteiger partial charge is 0.455 e. The first-order valence-electron chi connectivity index (χ1n) is 3.39. The summed E-state index contributed by atoms with van der Waals surface area (Å²) >= 11 is 0. The van der Waals surface area contributed by atoms with Gasteiger partial charge in [0.2, 0.25) is 0 Å². The Labute approximate surface area is 66.0 Å². The normalized spacial score (nSPS) is 15.7. The number of ether oxygens (including phenoxy) is 1. The second kappa shape index (κ2) is 1.50. The Balaban J connectivity index is 2.54. The number of carbonyl (C=O) groups is 2. The van der Waals surface area contributed by atoms with E-state index < -0.39 is 11.9 Å². The van der Waals surface area contributed by atoms with E-state index >= 15 is 0 Å². The van der Waals surface area contributed by atoms with Crippen LogP contribution in [0.1, 0.15) is 20.7 Å². The van der Waals surface area contributed by atoms with Crippen molar-refractivity contribution in [3.05, 3.63) is 23.3 Å². The van der Waals surface area contributed by atoms with E-state index in [2.05, 4.69) is 4.74 Å². The minimum Gasteiger partial charge on any atom is -0.455 e. The molecule has 4 heteroatoms. The number of fused-ring (bicyclic) bond motifs is 5. The lowest BCUT2D eigenvalue weighted by Gasteiger charge is -1.85. The molecular formula is C8H2O4. The van der Waals surface area contributed by atoms with E-state index in [9.17, 15) is 9.59 Å². The lowest BCUT2D eigenvalue weighted by Crippen LogP contribution is -1.97. The Bertz CT molecular complexity index is 451. The molecule has 4 nitrogen and oxygen atoms in total. The third-order valence-electron chi connectivity index (χ3n) is 1.94. The van der Waals surface area contributed by atoms with Gasteiger partial charge in [-0.3, -0.25) is 0 Å². The van der Waals surface area contributed by atoms with Crippen LogP contribution in [0.5, 0.6) is 0 Å². The summed E-state index contributed by atoms with van der Waals surface area (Å²) < 4.78 is 9.50. The van der Waals surface area contributed by atoms with Crippen molar-refractivity contribution >= 4 is 23.1 Å². The summed E-state index contributed by atoms with van der Waals surface area (Å²) in [6.45, 7) is 0. The zero-order valence-corrected chi connectivity index (χ0v) is 5.79. The SMILES string of the molecule is O=C1OC(=O)c2c1c1ccc2o1. The highest BCUT2D eigenvalue weighted by Crippen LogP contribution is 2.33. The van der Waals surface area contributed by atoms with Crippen LogP contribution in [0.15, 0.2) is 16.5 Å². The molecule has 0 saturated carbocycles. The molecule has 3 heterocycles. The highest BCUT2D eigenvalue weighted by Gasteiger charge is 2.37. The molecule has 0 aliphatic carbocycles. The first-order chi connectivity index (χ1) is 5.77. The molecule has 2 bridgehead atoms. The number of cyclic esters (lactones) is 2. The first-order valence-corrected chi connectivity index (χ1v) is 3.39. The number of benzene rings is 1. The summed E-state index contributed by atoms with van der Waals surface area (Å²) in [4.78, 5) is 22.0. The molecule has 0 radical (unpaired) electrons. The molecular weight excluding hydrogens is 160 g/mol. The van der Waals surface area contributed by atoms with Gasteiger partial charge >= 0.3 is 11.9 Å². The molecule has 0 spiro atoms. The van der Waals surface area contributed by atoms with Crippen molar-refractivity contribution in [3.8, 4) is 0 Å². The Hall–Kier alpha value is -1.84. The number of hydrogen-bond acceptors (Lipinski definition) is 4. The fourth-order valence-corrected chi connectivity index (χ4v) is 1.44. The highest BCUT2D eigenvalue weighted by molar-refractivity contribution is 6.22. The molecule has 0 fully saturated rings. The van der Waals surface area contributed by atoms with Gasteiger partial charge in [-0.1, -0.05) is 0 Å². The van der Waals surface area contributed by atoms with Gasteiger partial charge in [-0.2, -0.15) is 0 Å². The van der Waals surface area contributed by atoms with Gasteiger partial charge in [-0.05, 0) is 12.1 Å². The van der Waals surface area contributed by atoms with Crippen LogP contribution < -0.4 is 0 Å². The van der Waals surface area contributed by atoms with Crippen molar-refractivity contribution in [3.63, 3.8) is 0 Å². The van der Waals surface area contributed by atoms with Crippen LogP contribution in [0.4, 0.5) is 0 Å². The quantitative estimate of drug-likeness (QED) is 0.431. The maximum Gasteiger partial charge on any atom is 0.350 e. The molecule has 0 amide bonds. The van der Waals surface area contributed by atoms with Gasteiger partial charge in [0, 0.05) is 0 Å². The van der Waals surface area contributed by atoms with Crippen molar-refractivity contribution < 1.29 is 18.7 Å². The summed E-state index contributed by atoms with van der Waals surface area (Å²) in [5, 5.41) is 0. The van der Waals surface area contributed by atoms with E-state index in [4.69, 9.17) is 4.42 Å². The molecule has 0 unspecified atom stereocenters. The van der Waals surface area contributed by atoms with Crippen LogP contribution in [0, 0.1) is 0 Å². The van der Waals surface area contributed by atoms with Crippen LogP contribution in [0.3, 0.4) is 0 Å². The Morgan fingerprint density at radius 1 is 0.917 bits per heavy atom. The zero-order chi connectivity index (χ0) is 8.29. The van der Waals surface area contributed by atoms with E-state index in [1.807, 2.05) is 0 Å². The fraction of sp³-hybridized carbons (Fsp3) is 0. The van der Waals surface area contributed by atoms with E-state index in [0.717, 1.165) is 0 Å². The second-order valence-corrected chi connectivity index (χ2v) is 2.59. The Morgan fingerprint density at radius 2 is 1.42 bits per heavy atom. The Morgan fingerprint density at radius 3 is 1.92 bits per heavy atom. The average molecular weight is 162 g/mol. The molecule has 12 heavy (non-hydrogen) atoms.